The molecule has 4 nitrogen and oxygen atoms in total. The van der Waals surface area contributed by atoms with E-state index in [0.717, 1.165) is 22.7 Å². The number of benzene rings is 29. The average Bonchev–Trinajstić information content (AvgIpc) is 1.40. The van der Waals surface area contributed by atoms with E-state index < -0.39 is 0 Å². The fraction of sp³-hybridized carbons (Fsp3) is 0. The van der Waals surface area contributed by atoms with Gasteiger partial charge in [-0.1, -0.05) is 425 Å². The van der Waals surface area contributed by atoms with Crippen LogP contribution in [0.2, 0.25) is 0 Å². The van der Waals surface area contributed by atoms with Crippen LogP contribution in [0.3, 0.4) is 0 Å². The largest absolute Gasteiger partial charge is 0.309 e. The number of nitrogens with zero attached hydrogens (tertiary/aromatic N) is 4. The molecule has 4 heterocycles. The lowest BCUT2D eigenvalue weighted by molar-refractivity contribution is 1.15. The molecular formula is C138H82N4. The molecule has 0 N–H and O–H groups in total. The minimum atomic E-state index is 1.15. The standard InChI is InChI=1S/C64H38N4.C38H22.C36H22/c1-9-25-51-39(17-1)40-18-2-10-26-52(40)65(51)59-37-60(66-53-27-11-3-19-41(53)42-20-4-12-28-54(42)66)48-35-36-50-62(68-57-31-15-7-23-45(57)46-24-8-16-32-58(46)68)38-61(49-34-33-47(59)63(48)64(49)50)67-55-29-13-5-21-43(55)44-22-6-14-30-56(44)67;1-3-25-11-13-29-15-19-31(33-21-17-27(5-1)35(25)37(29)33)23-7-9-24(10-8-23)32-20-16-30-14-12-26-4-2-6-28-18-22-34(32)38(30)36(26)28;1-3-7-27-21-29(11-9-23(27)5-1)31-17-13-25-16-20-34-32(18-14-26-15-19-33(31)35(25)36(26)34)30-12-10-24-6-2-4-8-28(24)22-30/h1-38H;1-22H;1-22H. The maximum Gasteiger partial charge on any atom is 0.0562 e. The lowest BCUT2D eigenvalue weighted by atomic mass is 9.87. The van der Waals surface area contributed by atoms with Crippen LogP contribution < -0.4 is 0 Å². The lowest BCUT2D eigenvalue weighted by Gasteiger charge is -2.24. The van der Waals surface area contributed by atoms with E-state index in [1.54, 1.807) is 0 Å². The number of fused-ring (bicyclic) bond motifs is 14. The van der Waals surface area contributed by atoms with Crippen molar-refractivity contribution in [3.05, 3.63) is 497 Å². The van der Waals surface area contributed by atoms with Crippen molar-refractivity contribution in [2.45, 2.75) is 0 Å². The van der Waals surface area contributed by atoms with Gasteiger partial charge in [-0.15, -0.1) is 0 Å². The fourth-order valence-electron chi connectivity index (χ4n) is 25.2. The number of hydrogen-bond donors (Lipinski definition) is 0. The Bertz CT molecular complexity index is 9950. The highest BCUT2D eigenvalue weighted by Gasteiger charge is 2.29. The third-order valence-corrected chi connectivity index (χ3v) is 31.4. The first-order valence-electron chi connectivity index (χ1n) is 49.3. The van der Waals surface area contributed by atoms with Crippen molar-refractivity contribution in [2.75, 3.05) is 0 Å². The van der Waals surface area contributed by atoms with Crippen LogP contribution in [0, 0.1) is 0 Å². The van der Waals surface area contributed by atoms with Crippen LogP contribution in [-0.2, 0) is 0 Å². The van der Waals surface area contributed by atoms with Gasteiger partial charge in [0, 0.05) is 75.4 Å². The highest BCUT2D eigenvalue weighted by Crippen LogP contribution is 2.53. The van der Waals surface area contributed by atoms with Gasteiger partial charge in [0.2, 0.25) is 0 Å². The summed E-state index contributed by atoms with van der Waals surface area (Å²) >= 11 is 0. The van der Waals surface area contributed by atoms with E-state index >= 15 is 0 Å². The van der Waals surface area contributed by atoms with Crippen LogP contribution in [0.25, 0.3) is 305 Å². The van der Waals surface area contributed by atoms with Crippen LogP contribution in [0.5, 0.6) is 0 Å². The van der Waals surface area contributed by atoms with Gasteiger partial charge in [0.25, 0.3) is 0 Å². The van der Waals surface area contributed by atoms with E-state index in [-0.39, 0.29) is 0 Å². The van der Waals surface area contributed by atoms with Crippen molar-refractivity contribution < 1.29 is 0 Å². The van der Waals surface area contributed by atoms with E-state index in [4.69, 9.17) is 0 Å². The Morgan fingerprint density at radius 3 is 0.549 bits per heavy atom. The molecule has 654 valence electrons. The number of para-hydroxylation sites is 8. The van der Waals surface area contributed by atoms with E-state index in [1.165, 1.54) is 283 Å². The third kappa shape index (κ3) is 11.5. The first kappa shape index (κ1) is 78.4. The predicted molar refractivity (Wildman–Crippen MR) is 608 cm³/mol. The second kappa shape index (κ2) is 30.4. The molecule has 0 aliphatic carbocycles. The molecule has 4 aromatic heterocycles. The van der Waals surface area contributed by atoms with Gasteiger partial charge < -0.3 is 18.3 Å². The summed E-state index contributed by atoms with van der Waals surface area (Å²) < 4.78 is 10.1. The van der Waals surface area contributed by atoms with Crippen LogP contribution >= 0.6 is 0 Å². The van der Waals surface area contributed by atoms with Crippen molar-refractivity contribution in [2.24, 2.45) is 0 Å². The average molecular weight is 1800 g/mol. The maximum atomic E-state index is 2.52. The second-order valence-electron chi connectivity index (χ2n) is 38.7. The summed E-state index contributed by atoms with van der Waals surface area (Å²) in [7, 11) is 0. The summed E-state index contributed by atoms with van der Waals surface area (Å²) in [6.45, 7) is 0. The minimum Gasteiger partial charge on any atom is -0.309 e. The van der Waals surface area contributed by atoms with E-state index in [0.29, 0.717) is 0 Å². The molecule has 33 aromatic rings. The molecule has 0 aliphatic rings. The predicted octanol–water partition coefficient (Wildman–Crippen LogP) is 38.0. The van der Waals surface area contributed by atoms with Gasteiger partial charge in [0.1, 0.15) is 0 Å². The SMILES string of the molecule is c1cc2ccc3ccc(-c4ccc(-c5ccc6ccc7cccc8ccc5c6c78)cc4)c4ccc(c1)c2c34.c1ccc2c(c1)c1ccccc1n2-c1cc(-n2c3ccccc3c3ccccc32)c2ccc3c(-n4c5ccccc5c5ccccc54)cc(-n4c5ccccc5c5ccccc54)c4ccc1c2c43.c1ccc2cc(-c3ccc4ccc5c(-c6ccc7ccccc7c6)ccc6ccc3c4c65)ccc2c1. The quantitative estimate of drug-likeness (QED) is 0.135. The van der Waals surface area contributed by atoms with Crippen LogP contribution in [0.15, 0.2) is 497 Å². The van der Waals surface area contributed by atoms with E-state index in [9.17, 15) is 0 Å². The maximum absolute atomic E-state index is 2.52. The minimum absolute atomic E-state index is 1.15. The molecular weight excluding hydrogens is 1710 g/mol. The topological polar surface area (TPSA) is 19.7 Å². The first-order chi connectivity index (χ1) is 70.5. The van der Waals surface area contributed by atoms with Crippen molar-refractivity contribution in [1.82, 2.24) is 18.3 Å². The number of rotatable bonds is 8. The zero-order valence-corrected chi connectivity index (χ0v) is 77.1. The number of hydrogen-bond acceptors (Lipinski definition) is 0. The van der Waals surface area contributed by atoms with Crippen LogP contribution in [-0.4, -0.2) is 18.3 Å². The molecule has 4 heteroatoms. The molecule has 0 aliphatic heterocycles. The smallest absolute Gasteiger partial charge is 0.0562 e. The first-order valence-corrected chi connectivity index (χ1v) is 49.3. The highest BCUT2D eigenvalue weighted by molar-refractivity contribution is 6.34. The zero-order valence-electron chi connectivity index (χ0n) is 77.1. The molecule has 0 unspecified atom stereocenters. The van der Waals surface area contributed by atoms with Crippen molar-refractivity contribution in [1.29, 1.82) is 0 Å². The molecule has 0 radical (unpaired) electrons. The molecule has 0 spiro atoms. The van der Waals surface area contributed by atoms with E-state index in [1.807, 2.05) is 0 Å². The van der Waals surface area contributed by atoms with Gasteiger partial charge in [-0.05, 0) is 236 Å². The second-order valence-corrected chi connectivity index (χ2v) is 38.7. The summed E-state index contributed by atoms with van der Waals surface area (Å²) in [5.74, 6) is 0. The molecule has 0 amide bonds. The van der Waals surface area contributed by atoms with Crippen molar-refractivity contribution in [3.63, 3.8) is 0 Å². The molecule has 142 heavy (non-hydrogen) atoms. The summed E-state index contributed by atoms with van der Waals surface area (Å²) in [6.07, 6.45) is 0. The lowest BCUT2D eigenvalue weighted by Crippen LogP contribution is -2.05. The van der Waals surface area contributed by atoms with Crippen LogP contribution in [0.1, 0.15) is 0 Å². The molecule has 0 fully saturated rings. The Morgan fingerprint density at radius 1 is 0.0986 bits per heavy atom. The summed E-state index contributed by atoms with van der Waals surface area (Å²) in [5, 5.41) is 46.3. The Kier molecular flexibility index (Phi) is 16.8. The highest BCUT2D eigenvalue weighted by atomic mass is 15.0. The molecule has 33 rings (SSSR count). The monoisotopic (exact) mass is 1790 g/mol. The Morgan fingerprint density at radius 2 is 0.282 bits per heavy atom. The summed E-state index contributed by atoms with van der Waals surface area (Å²) in [4.78, 5) is 0. The fourth-order valence-corrected chi connectivity index (χ4v) is 25.2. The van der Waals surface area contributed by atoms with Crippen molar-refractivity contribution >= 4 is 238 Å². The van der Waals surface area contributed by atoms with Gasteiger partial charge in [0.05, 0.1) is 66.9 Å². The van der Waals surface area contributed by atoms with Crippen molar-refractivity contribution in [3.8, 4) is 67.3 Å². The molecule has 0 atom stereocenters. The van der Waals surface area contributed by atoms with Gasteiger partial charge in [-0.3, -0.25) is 0 Å². The molecule has 0 bridgehead atoms. The van der Waals surface area contributed by atoms with Gasteiger partial charge in [-0.25, -0.2) is 0 Å². The Labute approximate surface area is 815 Å². The van der Waals surface area contributed by atoms with Gasteiger partial charge in [0.15, 0.2) is 0 Å². The van der Waals surface area contributed by atoms with Crippen LogP contribution in [0.4, 0.5) is 0 Å². The normalized spacial score (nSPS) is 12.2. The molecule has 29 aromatic carbocycles. The summed E-state index contributed by atoms with van der Waals surface area (Å²) in [6, 6.07) is 185. The van der Waals surface area contributed by atoms with Gasteiger partial charge in [-0.2, -0.15) is 0 Å². The van der Waals surface area contributed by atoms with E-state index in [2.05, 4.69) is 516 Å². The Hall–Kier alpha value is -18.7. The van der Waals surface area contributed by atoms with Gasteiger partial charge >= 0.3 is 0 Å². The third-order valence-electron chi connectivity index (χ3n) is 31.4. The summed E-state index contributed by atoms with van der Waals surface area (Å²) in [5.41, 5.74) is 24.3. The Balaban J connectivity index is 0.000000106. The zero-order chi connectivity index (χ0) is 92.6. The number of aromatic nitrogens is 4. The molecule has 0 saturated carbocycles. The molecule has 0 saturated heterocycles.